The predicted molar refractivity (Wildman–Crippen MR) is 128 cm³/mol. The Balaban J connectivity index is 1.74. The Labute approximate surface area is 194 Å². The van der Waals surface area contributed by atoms with E-state index >= 15 is 0 Å². The number of ether oxygens (including phenoxy) is 2. The average molecular weight is 463 g/mol. The molecule has 3 aromatic carbocycles. The van der Waals surface area contributed by atoms with Crippen molar-refractivity contribution in [2.24, 2.45) is 0 Å². The summed E-state index contributed by atoms with van der Waals surface area (Å²) in [5.74, 6) is 1.22. The van der Waals surface area contributed by atoms with E-state index in [0.717, 1.165) is 27.6 Å². The number of sulfonamides is 1. The third kappa shape index (κ3) is 3.57. The molecule has 1 atom stereocenters. The highest BCUT2D eigenvalue weighted by Crippen LogP contribution is 2.42. The summed E-state index contributed by atoms with van der Waals surface area (Å²) in [6.45, 7) is 2.30. The molecule has 5 rings (SSSR count). The van der Waals surface area contributed by atoms with Crippen molar-refractivity contribution >= 4 is 20.9 Å². The smallest absolute Gasteiger partial charge is 0.245 e. The molecule has 1 aliphatic heterocycles. The quantitative estimate of drug-likeness (QED) is 0.429. The molecule has 170 valence electrons. The van der Waals surface area contributed by atoms with Gasteiger partial charge in [-0.1, -0.05) is 35.9 Å². The lowest BCUT2D eigenvalue weighted by Crippen LogP contribution is -2.43. The summed E-state index contributed by atoms with van der Waals surface area (Å²) in [5, 5.41) is 1.05. The summed E-state index contributed by atoms with van der Waals surface area (Å²) in [5.41, 5.74) is 3.92. The summed E-state index contributed by atoms with van der Waals surface area (Å²) in [7, 11) is -0.560. The van der Waals surface area contributed by atoms with Crippen LogP contribution in [-0.4, -0.2) is 38.1 Å². The van der Waals surface area contributed by atoms with Gasteiger partial charge < -0.3 is 14.0 Å². The molecule has 4 aromatic rings. The van der Waals surface area contributed by atoms with Gasteiger partial charge in [-0.05, 0) is 66.3 Å². The first kappa shape index (κ1) is 21.6. The van der Waals surface area contributed by atoms with Crippen LogP contribution < -0.4 is 9.47 Å². The predicted octanol–water partition coefficient (Wildman–Crippen LogP) is 4.76. The van der Waals surface area contributed by atoms with Gasteiger partial charge in [0.15, 0.2) is 11.5 Å². The highest BCUT2D eigenvalue weighted by atomic mass is 32.2. The number of methoxy groups -OCH3 is 2. The average Bonchev–Trinajstić information content (AvgIpc) is 3.26. The highest BCUT2D eigenvalue weighted by molar-refractivity contribution is 7.89. The van der Waals surface area contributed by atoms with E-state index in [2.05, 4.69) is 0 Å². The van der Waals surface area contributed by atoms with Gasteiger partial charge in [-0.3, -0.25) is 0 Å². The Morgan fingerprint density at radius 1 is 0.909 bits per heavy atom. The van der Waals surface area contributed by atoms with E-state index in [0.29, 0.717) is 29.4 Å². The molecule has 0 amide bonds. The molecule has 0 saturated heterocycles. The van der Waals surface area contributed by atoms with E-state index in [1.54, 1.807) is 30.7 Å². The van der Waals surface area contributed by atoms with Crippen molar-refractivity contribution in [2.75, 3.05) is 20.8 Å². The van der Waals surface area contributed by atoms with Crippen molar-refractivity contribution in [1.29, 1.82) is 0 Å². The summed E-state index contributed by atoms with van der Waals surface area (Å²) < 4.78 is 42.5. The Kier molecular flexibility index (Phi) is 5.38. The van der Waals surface area contributed by atoms with E-state index in [9.17, 15) is 8.42 Å². The van der Waals surface area contributed by atoms with Crippen LogP contribution in [-0.2, 0) is 16.4 Å². The van der Waals surface area contributed by atoms with Crippen LogP contribution in [0, 0.1) is 6.92 Å². The molecular weight excluding hydrogens is 436 g/mol. The summed E-state index contributed by atoms with van der Waals surface area (Å²) in [4.78, 5) is 0.290. The molecule has 1 aliphatic rings. The number of benzene rings is 3. The van der Waals surface area contributed by atoms with E-state index < -0.39 is 16.2 Å². The van der Waals surface area contributed by atoms with Gasteiger partial charge >= 0.3 is 0 Å². The molecule has 0 fully saturated rings. The maximum Gasteiger partial charge on any atom is 0.245 e. The van der Waals surface area contributed by atoms with Crippen LogP contribution >= 0.6 is 0 Å². The zero-order valence-corrected chi connectivity index (χ0v) is 19.7. The van der Waals surface area contributed by atoms with Gasteiger partial charge in [0.25, 0.3) is 0 Å². The Bertz CT molecular complexity index is 1420. The molecule has 0 spiro atoms. The Hall–Kier alpha value is -3.29. The van der Waals surface area contributed by atoms with Crippen LogP contribution in [0.1, 0.15) is 22.9 Å². The van der Waals surface area contributed by atoms with E-state index in [1.165, 1.54) is 0 Å². The molecule has 2 heterocycles. The van der Waals surface area contributed by atoms with Crippen molar-refractivity contribution in [3.8, 4) is 11.5 Å². The van der Waals surface area contributed by atoms with Crippen molar-refractivity contribution in [3.05, 3.63) is 89.6 Å². The second-order valence-corrected chi connectivity index (χ2v) is 10.1. The Morgan fingerprint density at radius 2 is 1.61 bits per heavy atom. The second-order valence-electron chi connectivity index (χ2n) is 8.24. The van der Waals surface area contributed by atoms with Crippen LogP contribution in [0.3, 0.4) is 0 Å². The fourth-order valence-electron chi connectivity index (χ4n) is 4.61. The number of hydrogen-bond donors (Lipinski definition) is 0. The lowest BCUT2D eigenvalue weighted by atomic mass is 9.97. The monoisotopic (exact) mass is 462 g/mol. The first-order chi connectivity index (χ1) is 15.9. The standard InChI is InChI=1S/C26H26N2O4S/c1-18-8-10-21(11-9-18)33(29,30)28-15-13-20-16-24(31-2)25(32-3)17-22(20)26(28)27-14-12-19-6-4-5-7-23(19)27/h4-12,14,16-17,26H,13,15H2,1-3H3. The van der Waals surface area contributed by atoms with Gasteiger partial charge in [0.2, 0.25) is 10.0 Å². The van der Waals surface area contributed by atoms with Gasteiger partial charge in [-0.2, -0.15) is 4.31 Å². The van der Waals surface area contributed by atoms with E-state index in [1.807, 2.05) is 72.3 Å². The van der Waals surface area contributed by atoms with E-state index in [-0.39, 0.29) is 0 Å². The minimum absolute atomic E-state index is 0.290. The number of para-hydroxylation sites is 1. The maximum absolute atomic E-state index is 13.9. The molecule has 0 aliphatic carbocycles. The topological polar surface area (TPSA) is 60.8 Å². The molecule has 0 saturated carbocycles. The molecule has 1 aromatic heterocycles. The highest BCUT2D eigenvalue weighted by Gasteiger charge is 2.38. The van der Waals surface area contributed by atoms with Crippen molar-refractivity contribution < 1.29 is 17.9 Å². The van der Waals surface area contributed by atoms with E-state index in [4.69, 9.17) is 9.47 Å². The zero-order chi connectivity index (χ0) is 23.2. The molecule has 0 N–H and O–H groups in total. The molecule has 0 radical (unpaired) electrons. The van der Waals surface area contributed by atoms with Crippen LogP contribution in [0.4, 0.5) is 0 Å². The summed E-state index contributed by atoms with van der Waals surface area (Å²) in [6.07, 6.45) is 1.98. The number of nitrogens with zero attached hydrogens (tertiary/aromatic N) is 2. The third-order valence-corrected chi connectivity index (χ3v) is 8.19. The van der Waals surface area contributed by atoms with Crippen LogP contribution in [0.25, 0.3) is 10.9 Å². The molecule has 6 nitrogen and oxygen atoms in total. The van der Waals surface area contributed by atoms with Crippen LogP contribution in [0.15, 0.2) is 77.8 Å². The fourth-order valence-corrected chi connectivity index (χ4v) is 6.17. The first-order valence-corrected chi connectivity index (χ1v) is 12.3. The van der Waals surface area contributed by atoms with Crippen LogP contribution in [0.2, 0.25) is 0 Å². The normalized spacial score (nSPS) is 16.5. The number of rotatable bonds is 5. The largest absolute Gasteiger partial charge is 0.493 e. The Morgan fingerprint density at radius 3 is 2.33 bits per heavy atom. The minimum atomic E-state index is -3.76. The van der Waals surface area contributed by atoms with Gasteiger partial charge in [0.05, 0.1) is 19.1 Å². The van der Waals surface area contributed by atoms with Crippen molar-refractivity contribution in [2.45, 2.75) is 24.4 Å². The first-order valence-electron chi connectivity index (χ1n) is 10.8. The molecule has 0 bridgehead atoms. The second kappa shape index (κ2) is 8.24. The summed E-state index contributed by atoms with van der Waals surface area (Å²) >= 11 is 0. The fraction of sp³-hybridized carbons (Fsp3) is 0.231. The maximum atomic E-state index is 13.9. The number of aromatic nitrogens is 1. The summed E-state index contributed by atoms with van der Waals surface area (Å²) in [6, 6.07) is 20.9. The molecule has 1 unspecified atom stereocenters. The molecule has 33 heavy (non-hydrogen) atoms. The number of aryl methyl sites for hydroxylation is 1. The van der Waals surface area contributed by atoms with Gasteiger partial charge in [0, 0.05) is 18.3 Å². The van der Waals surface area contributed by atoms with Gasteiger partial charge in [0.1, 0.15) is 6.17 Å². The lowest BCUT2D eigenvalue weighted by molar-refractivity contribution is 0.275. The lowest BCUT2D eigenvalue weighted by Gasteiger charge is -2.38. The minimum Gasteiger partial charge on any atom is -0.493 e. The van der Waals surface area contributed by atoms with Crippen LogP contribution in [0.5, 0.6) is 11.5 Å². The SMILES string of the molecule is COc1cc2c(cc1OC)C(n1ccc3ccccc31)N(S(=O)(=O)c1ccc(C)cc1)CC2. The van der Waals surface area contributed by atoms with Crippen molar-refractivity contribution in [3.63, 3.8) is 0 Å². The zero-order valence-electron chi connectivity index (χ0n) is 18.9. The van der Waals surface area contributed by atoms with Gasteiger partial charge in [-0.25, -0.2) is 8.42 Å². The number of fused-ring (bicyclic) bond motifs is 2. The number of hydrogen-bond acceptors (Lipinski definition) is 4. The van der Waals surface area contributed by atoms with Crippen molar-refractivity contribution in [1.82, 2.24) is 8.87 Å². The molecular formula is C26H26N2O4S. The van der Waals surface area contributed by atoms with Gasteiger partial charge in [-0.15, -0.1) is 0 Å². The third-order valence-electron chi connectivity index (χ3n) is 6.32. The molecule has 7 heteroatoms.